The molecule has 0 aliphatic carbocycles. The van der Waals surface area contributed by atoms with Crippen molar-refractivity contribution in [2.75, 3.05) is 23.8 Å². The van der Waals surface area contributed by atoms with E-state index < -0.39 is 17.8 Å². The number of fused-ring (bicyclic) bond motifs is 6. The van der Waals surface area contributed by atoms with Gasteiger partial charge in [0.1, 0.15) is 0 Å². The minimum atomic E-state index is -4.40. The largest absolute Gasteiger partial charge is 0.416 e. The van der Waals surface area contributed by atoms with Gasteiger partial charge in [-0.2, -0.15) is 24.5 Å². The molecule has 48 heavy (non-hydrogen) atoms. The number of ether oxygens (including phenoxy) is 2. The van der Waals surface area contributed by atoms with E-state index in [9.17, 15) is 18.3 Å². The molecule has 0 bridgehead atoms. The molecule has 0 radical (unpaired) electrons. The van der Waals surface area contributed by atoms with Gasteiger partial charge in [-0.1, -0.05) is 63.2 Å². The fourth-order valence-corrected chi connectivity index (χ4v) is 8.47. The highest BCUT2D eigenvalue weighted by Gasteiger charge is 2.44. The second-order valence-electron chi connectivity index (χ2n) is 14.4. The van der Waals surface area contributed by atoms with Crippen molar-refractivity contribution in [3.8, 4) is 0 Å². The van der Waals surface area contributed by atoms with Gasteiger partial charge >= 0.3 is 6.18 Å². The Balaban J connectivity index is 0.000000154. The highest BCUT2D eigenvalue weighted by Crippen LogP contribution is 2.52. The summed E-state index contributed by atoms with van der Waals surface area (Å²) in [5.74, 6) is 0.550. The van der Waals surface area contributed by atoms with E-state index in [2.05, 4.69) is 66.4 Å². The first kappa shape index (κ1) is 33.1. The van der Waals surface area contributed by atoms with Crippen LogP contribution in [-0.2, 0) is 21.1 Å². The van der Waals surface area contributed by atoms with Crippen molar-refractivity contribution in [3.05, 3.63) is 117 Å². The zero-order valence-electron chi connectivity index (χ0n) is 27.5. The fraction of sp³-hybridized carbons (Fsp3) is 0.436. The summed E-state index contributed by atoms with van der Waals surface area (Å²) in [7, 11) is 0. The maximum atomic E-state index is 13.2. The van der Waals surface area contributed by atoms with Gasteiger partial charge in [-0.15, -0.1) is 0 Å². The molecule has 4 aliphatic heterocycles. The Morgan fingerprint density at radius 3 is 2.06 bits per heavy atom. The van der Waals surface area contributed by atoms with E-state index in [0.29, 0.717) is 29.6 Å². The Morgan fingerprint density at radius 2 is 1.42 bits per heavy atom. The van der Waals surface area contributed by atoms with Crippen LogP contribution in [0.1, 0.15) is 97.7 Å². The Hall–Kier alpha value is -3.37. The lowest BCUT2D eigenvalue weighted by atomic mass is 9.76. The molecule has 0 saturated carbocycles. The summed E-state index contributed by atoms with van der Waals surface area (Å²) in [4.78, 5) is 0. The molecule has 4 aliphatic rings. The van der Waals surface area contributed by atoms with Gasteiger partial charge in [-0.05, 0) is 82.5 Å². The Bertz CT molecular complexity index is 1710. The molecule has 1 aromatic heterocycles. The van der Waals surface area contributed by atoms with E-state index in [4.69, 9.17) is 9.47 Å². The van der Waals surface area contributed by atoms with Crippen molar-refractivity contribution in [1.82, 2.24) is 0 Å². The van der Waals surface area contributed by atoms with Gasteiger partial charge in [-0.25, -0.2) is 0 Å². The van der Waals surface area contributed by atoms with E-state index in [1.165, 1.54) is 34.5 Å². The number of hydrogen-bond donors (Lipinski definition) is 3. The number of hydrogen-bond acceptors (Lipinski definition) is 6. The van der Waals surface area contributed by atoms with Gasteiger partial charge in [0.05, 0.1) is 42.6 Å². The van der Waals surface area contributed by atoms with E-state index in [-0.39, 0.29) is 36.2 Å². The molecule has 2 fully saturated rings. The number of nitrogens with one attached hydrogen (secondary N) is 2. The molecule has 4 aromatic rings. The van der Waals surface area contributed by atoms with E-state index in [0.717, 1.165) is 31.1 Å². The summed E-state index contributed by atoms with van der Waals surface area (Å²) in [6, 6.07) is 23.1. The predicted molar refractivity (Wildman–Crippen MR) is 184 cm³/mol. The molecular formula is C39H43F3N2O3S. The van der Waals surface area contributed by atoms with Crippen LogP contribution in [-0.4, -0.2) is 24.4 Å². The highest BCUT2D eigenvalue weighted by molar-refractivity contribution is 7.08. The minimum Gasteiger partial charge on any atom is -0.394 e. The number of benzene rings is 3. The second-order valence-corrected chi connectivity index (χ2v) is 15.2. The number of thiophene rings is 1. The summed E-state index contributed by atoms with van der Waals surface area (Å²) < 4.78 is 51.7. The quantitative estimate of drug-likeness (QED) is 0.202. The van der Waals surface area contributed by atoms with Crippen LogP contribution in [0.25, 0.3) is 0 Å². The monoisotopic (exact) mass is 676 g/mol. The van der Waals surface area contributed by atoms with Gasteiger partial charge in [0.2, 0.25) is 0 Å². The van der Waals surface area contributed by atoms with Crippen LogP contribution in [0, 0.1) is 11.8 Å². The lowest BCUT2D eigenvalue weighted by Crippen LogP contribution is -2.40. The van der Waals surface area contributed by atoms with Crippen molar-refractivity contribution >= 4 is 22.7 Å². The SMILES string of the molecule is CC(C)(C)c1ccc2c(c1)C1OCCC1[C@H](c1ccsc1)N2.OCC1CCC2C(O1)c1cc(C(F)(F)F)ccc1N[C@H]2c1ccccc1. The van der Waals surface area contributed by atoms with Crippen LogP contribution in [0.4, 0.5) is 24.5 Å². The van der Waals surface area contributed by atoms with Crippen molar-refractivity contribution < 1.29 is 27.8 Å². The molecule has 3 N–H and O–H groups in total. The number of aliphatic hydroxyl groups is 1. The topological polar surface area (TPSA) is 62.8 Å². The van der Waals surface area contributed by atoms with Crippen LogP contribution in [0.5, 0.6) is 0 Å². The normalized spacial score (nSPS) is 27.6. The third-order valence-corrected chi connectivity index (χ3v) is 11.0. The van der Waals surface area contributed by atoms with Gasteiger partial charge in [0.25, 0.3) is 0 Å². The number of anilines is 2. The summed E-state index contributed by atoms with van der Waals surface area (Å²) in [6.07, 6.45) is -2.36. The Morgan fingerprint density at radius 1 is 0.771 bits per heavy atom. The Labute approximate surface area is 284 Å². The van der Waals surface area contributed by atoms with E-state index in [1.54, 1.807) is 11.3 Å². The van der Waals surface area contributed by atoms with Gasteiger partial charge in [0, 0.05) is 40.9 Å². The molecule has 254 valence electrons. The number of alkyl halides is 3. The van der Waals surface area contributed by atoms with Crippen LogP contribution >= 0.6 is 11.3 Å². The van der Waals surface area contributed by atoms with Crippen LogP contribution < -0.4 is 10.6 Å². The van der Waals surface area contributed by atoms with Crippen molar-refractivity contribution in [2.24, 2.45) is 11.8 Å². The van der Waals surface area contributed by atoms with Gasteiger partial charge in [0.15, 0.2) is 0 Å². The zero-order chi connectivity index (χ0) is 33.6. The van der Waals surface area contributed by atoms with Crippen LogP contribution in [0.3, 0.4) is 0 Å². The van der Waals surface area contributed by atoms with Crippen LogP contribution in [0.2, 0.25) is 0 Å². The first-order chi connectivity index (χ1) is 23.0. The average molecular weight is 677 g/mol. The molecule has 8 rings (SSSR count). The van der Waals surface area contributed by atoms with Crippen molar-refractivity contribution in [2.45, 2.75) is 82.0 Å². The number of aliphatic hydroxyl groups excluding tert-OH is 1. The summed E-state index contributed by atoms with van der Waals surface area (Å²) in [6.45, 7) is 7.56. The maximum Gasteiger partial charge on any atom is 0.416 e. The van der Waals surface area contributed by atoms with Gasteiger partial charge in [-0.3, -0.25) is 0 Å². The lowest BCUT2D eigenvalue weighted by molar-refractivity contribution is -0.138. The zero-order valence-corrected chi connectivity index (χ0v) is 28.3. The van der Waals surface area contributed by atoms with Crippen molar-refractivity contribution in [1.29, 1.82) is 0 Å². The lowest BCUT2D eigenvalue weighted by Gasteiger charge is -2.45. The highest BCUT2D eigenvalue weighted by atomic mass is 32.1. The molecule has 9 heteroatoms. The summed E-state index contributed by atoms with van der Waals surface area (Å²) >= 11 is 1.77. The molecule has 3 aromatic carbocycles. The van der Waals surface area contributed by atoms with Crippen molar-refractivity contribution in [3.63, 3.8) is 0 Å². The smallest absolute Gasteiger partial charge is 0.394 e. The molecule has 5 heterocycles. The number of halogens is 3. The van der Waals surface area contributed by atoms with E-state index >= 15 is 0 Å². The molecule has 5 nitrogen and oxygen atoms in total. The third-order valence-electron chi connectivity index (χ3n) is 10.3. The Kier molecular flexibility index (Phi) is 9.08. The molecular weight excluding hydrogens is 634 g/mol. The molecule has 0 amide bonds. The fourth-order valence-electron chi connectivity index (χ4n) is 7.78. The molecule has 2 saturated heterocycles. The number of rotatable bonds is 3. The summed E-state index contributed by atoms with van der Waals surface area (Å²) in [5.41, 5.74) is 7.14. The molecule has 0 spiro atoms. The maximum absolute atomic E-state index is 13.2. The first-order valence-electron chi connectivity index (χ1n) is 16.8. The molecule has 5 unspecified atom stereocenters. The molecule has 7 atom stereocenters. The first-order valence-corrected chi connectivity index (χ1v) is 17.8. The summed E-state index contributed by atoms with van der Waals surface area (Å²) in [5, 5.41) is 21.1. The minimum absolute atomic E-state index is 0.0104. The average Bonchev–Trinajstić information content (AvgIpc) is 3.80. The van der Waals surface area contributed by atoms with E-state index in [1.807, 2.05) is 30.3 Å². The third kappa shape index (κ3) is 6.50. The standard InChI is InChI=1S/C20H20F3NO2.C19H23NOS/c21-20(22,23)13-6-9-17-16(10-13)19-15(8-7-14(11-25)26-19)18(24-17)12-4-2-1-3-5-12;1-19(2,3)13-4-5-16-15(10-13)18-14(6-8-21-18)17(20-16)12-7-9-22-11-12/h1-6,9-10,14-15,18-19,24-25H,7-8,11H2;4-5,7,9-11,14,17-18,20H,6,8H2,1-3H3/t14?,15?,18-,19?;14?,17-,18?/m00/s1. The van der Waals surface area contributed by atoms with Crippen LogP contribution in [0.15, 0.2) is 83.6 Å². The predicted octanol–water partition coefficient (Wildman–Crippen LogP) is 9.99. The van der Waals surface area contributed by atoms with Gasteiger partial charge < -0.3 is 25.2 Å². The second kappa shape index (κ2) is 13.2.